The second kappa shape index (κ2) is 8.43. The predicted molar refractivity (Wildman–Crippen MR) is 95.6 cm³/mol. The first-order chi connectivity index (χ1) is 12.7. The molecule has 2 N–H and O–H groups in total. The minimum Gasteiger partial charge on any atom is -0.451 e. The molecule has 2 aromatic rings. The number of hydrogen-bond acceptors (Lipinski definition) is 5. The number of hydrogen-bond donors (Lipinski definition) is 2. The van der Waals surface area contributed by atoms with Crippen LogP contribution in [0.3, 0.4) is 0 Å². The van der Waals surface area contributed by atoms with Gasteiger partial charge in [0.2, 0.25) is 0 Å². The van der Waals surface area contributed by atoms with Crippen LogP contribution in [0.15, 0.2) is 24.3 Å². The summed E-state index contributed by atoms with van der Waals surface area (Å²) in [5.74, 6) is -2.79. The van der Waals surface area contributed by atoms with Crippen molar-refractivity contribution < 1.29 is 23.5 Å². The Kier molecular flexibility index (Phi) is 6.27. The maximum Gasteiger partial charge on any atom is 0.326 e. The highest BCUT2D eigenvalue weighted by Gasteiger charge is 2.21. The van der Waals surface area contributed by atoms with Gasteiger partial charge in [0.15, 0.2) is 6.10 Å². The van der Waals surface area contributed by atoms with Crippen molar-refractivity contribution >= 4 is 23.5 Å². The van der Waals surface area contributed by atoms with E-state index < -0.39 is 36.2 Å². The van der Waals surface area contributed by atoms with Crippen LogP contribution in [0.25, 0.3) is 0 Å². The maximum atomic E-state index is 13.5. The Morgan fingerprint density at radius 1 is 1.26 bits per heavy atom. The molecule has 0 saturated carbocycles. The van der Waals surface area contributed by atoms with Crippen molar-refractivity contribution in [1.29, 1.82) is 0 Å². The molecule has 1 atom stereocenters. The van der Waals surface area contributed by atoms with Gasteiger partial charge in [-0.25, -0.2) is 4.39 Å². The van der Waals surface area contributed by atoms with Crippen molar-refractivity contribution in [2.24, 2.45) is 7.05 Å². The summed E-state index contributed by atoms with van der Waals surface area (Å²) in [5.41, 5.74) is 1.77. The second-order valence-corrected chi connectivity index (χ2v) is 5.95. The van der Waals surface area contributed by atoms with Crippen LogP contribution < -0.4 is 10.6 Å². The van der Waals surface area contributed by atoms with E-state index in [1.54, 1.807) is 25.6 Å². The first-order valence-electron chi connectivity index (χ1n) is 8.24. The summed E-state index contributed by atoms with van der Waals surface area (Å²) in [4.78, 5) is 35.9. The van der Waals surface area contributed by atoms with E-state index in [-0.39, 0.29) is 5.56 Å². The Hall–Kier alpha value is -3.23. The molecule has 8 nitrogen and oxygen atoms in total. The number of carbonyl (C=O) groups excluding carboxylic acids is 3. The molecule has 144 valence electrons. The molecule has 1 aromatic heterocycles. The van der Waals surface area contributed by atoms with Crippen LogP contribution in [-0.4, -0.2) is 40.2 Å². The summed E-state index contributed by atoms with van der Waals surface area (Å²) in [6.45, 7) is 4.46. The summed E-state index contributed by atoms with van der Waals surface area (Å²) in [7, 11) is 1.75. The van der Waals surface area contributed by atoms with Crippen molar-refractivity contribution in [3.05, 3.63) is 47.0 Å². The Morgan fingerprint density at radius 3 is 2.52 bits per heavy atom. The molecular formula is C18H21FN4O4. The van der Waals surface area contributed by atoms with E-state index in [0.717, 1.165) is 11.8 Å². The zero-order valence-electron chi connectivity index (χ0n) is 15.5. The van der Waals surface area contributed by atoms with Gasteiger partial charge in [0.1, 0.15) is 12.4 Å². The first-order valence-corrected chi connectivity index (χ1v) is 8.24. The van der Waals surface area contributed by atoms with E-state index in [0.29, 0.717) is 11.4 Å². The van der Waals surface area contributed by atoms with E-state index in [2.05, 4.69) is 15.7 Å². The molecule has 0 saturated heterocycles. The van der Waals surface area contributed by atoms with Gasteiger partial charge in [0.05, 0.1) is 22.6 Å². The SMILES string of the molecule is Cc1nn(C)c(C)c1NC(=O)[C@H](C)OC(=O)CNC(=O)c1ccccc1F. The van der Waals surface area contributed by atoms with Crippen molar-refractivity contribution in [2.75, 3.05) is 11.9 Å². The first kappa shape index (κ1) is 20.1. The fourth-order valence-electron chi connectivity index (χ4n) is 2.36. The molecule has 0 radical (unpaired) electrons. The topological polar surface area (TPSA) is 102 Å². The lowest BCUT2D eigenvalue weighted by atomic mass is 10.2. The Morgan fingerprint density at radius 2 is 1.93 bits per heavy atom. The molecule has 0 bridgehead atoms. The van der Waals surface area contributed by atoms with Crippen LogP contribution in [-0.2, 0) is 21.4 Å². The summed E-state index contributed by atoms with van der Waals surface area (Å²) >= 11 is 0. The van der Waals surface area contributed by atoms with Gasteiger partial charge in [-0.1, -0.05) is 12.1 Å². The van der Waals surface area contributed by atoms with Crippen molar-refractivity contribution in [1.82, 2.24) is 15.1 Å². The third-order valence-electron chi connectivity index (χ3n) is 3.95. The van der Waals surface area contributed by atoms with Crippen molar-refractivity contribution in [3.63, 3.8) is 0 Å². The van der Waals surface area contributed by atoms with Crippen molar-refractivity contribution in [3.8, 4) is 0 Å². The van der Waals surface area contributed by atoms with E-state index in [1.165, 1.54) is 25.1 Å². The number of halogens is 1. The van der Waals surface area contributed by atoms with Crippen LogP contribution in [0.2, 0.25) is 0 Å². The Bertz CT molecular complexity index is 878. The van der Waals surface area contributed by atoms with Gasteiger partial charge >= 0.3 is 5.97 Å². The average molecular weight is 376 g/mol. The number of anilines is 1. The number of rotatable bonds is 6. The fourth-order valence-corrected chi connectivity index (χ4v) is 2.36. The predicted octanol–water partition coefficient (Wildman–Crippen LogP) is 1.48. The number of nitrogens with zero attached hydrogens (tertiary/aromatic N) is 2. The highest BCUT2D eigenvalue weighted by atomic mass is 19.1. The molecule has 0 aliphatic rings. The molecule has 0 aliphatic carbocycles. The maximum absolute atomic E-state index is 13.5. The minimum absolute atomic E-state index is 0.182. The zero-order valence-corrected chi connectivity index (χ0v) is 15.5. The smallest absolute Gasteiger partial charge is 0.326 e. The summed E-state index contributed by atoms with van der Waals surface area (Å²) in [5, 5.41) is 9.11. The van der Waals surface area contributed by atoms with Gasteiger partial charge in [0.25, 0.3) is 11.8 Å². The summed E-state index contributed by atoms with van der Waals surface area (Å²) < 4.78 is 20.1. The molecule has 0 spiro atoms. The molecular weight excluding hydrogens is 355 g/mol. The standard InChI is InChI=1S/C18H21FN4O4/c1-10-16(11(2)23(4)22-10)21-17(25)12(3)27-15(24)9-20-18(26)13-7-5-6-8-14(13)19/h5-8,12H,9H2,1-4H3,(H,20,26)(H,21,25)/t12-/m0/s1. The monoisotopic (exact) mass is 376 g/mol. The lowest BCUT2D eigenvalue weighted by molar-refractivity contribution is -0.152. The van der Waals surface area contributed by atoms with E-state index >= 15 is 0 Å². The number of esters is 1. The quantitative estimate of drug-likeness (QED) is 0.744. The van der Waals surface area contributed by atoms with Gasteiger partial charge in [0, 0.05) is 7.05 Å². The van der Waals surface area contributed by atoms with Crippen LogP contribution in [0.5, 0.6) is 0 Å². The third kappa shape index (κ3) is 4.90. The van der Waals surface area contributed by atoms with E-state index in [4.69, 9.17) is 4.74 Å². The average Bonchev–Trinajstić information content (AvgIpc) is 2.86. The molecule has 0 aliphatic heterocycles. The van der Waals surface area contributed by atoms with Gasteiger partial charge in [-0.2, -0.15) is 5.10 Å². The molecule has 27 heavy (non-hydrogen) atoms. The summed E-state index contributed by atoms with van der Waals surface area (Å²) in [6, 6.07) is 5.39. The third-order valence-corrected chi connectivity index (χ3v) is 3.95. The van der Waals surface area contributed by atoms with Gasteiger partial charge < -0.3 is 15.4 Å². The molecule has 2 amide bonds. The van der Waals surface area contributed by atoms with Crippen molar-refractivity contribution in [2.45, 2.75) is 26.9 Å². The second-order valence-electron chi connectivity index (χ2n) is 5.95. The number of benzene rings is 1. The lowest BCUT2D eigenvalue weighted by Crippen LogP contribution is -2.36. The van der Waals surface area contributed by atoms with Gasteiger partial charge in [-0.3, -0.25) is 19.1 Å². The summed E-state index contributed by atoms with van der Waals surface area (Å²) in [6.07, 6.45) is -1.08. The van der Waals surface area contributed by atoms with E-state index in [1.807, 2.05) is 0 Å². The molecule has 0 fully saturated rings. The number of ether oxygens (including phenoxy) is 1. The normalized spacial score (nSPS) is 11.6. The molecule has 0 unspecified atom stereocenters. The number of aryl methyl sites for hydroxylation is 2. The molecule has 1 heterocycles. The van der Waals surface area contributed by atoms with Crippen LogP contribution in [0.4, 0.5) is 10.1 Å². The van der Waals surface area contributed by atoms with Gasteiger partial charge in [-0.15, -0.1) is 0 Å². The number of amides is 2. The molecule has 9 heteroatoms. The molecule has 1 aromatic carbocycles. The van der Waals surface area contributed by atoms with E-state index in [9.17, 15) is 18.8 Å². The lowest BCUT2D eigenvalue weighted by Gasteiger charge is -2.14. The largest absolute Gasteiger partial charge is 0.451 e. The Labute approximate surface area is 155 Å². The number of aromatic nitrogens is 2. The highest BCUT2D eigenvalue weighted by Crippen LogP contribution is 2.18. The highest BCUT2D eigenvalue weighted by molar-refractivity contribution is 5.97. The number of nitrogens with one attached hydrogen (secondary N) is 2. The zero-order chi connectivity index (χ0) is 20.1. The van der Waals surface area contributed by atoms with Gasteiger partial charge in [-0.05, 0) is 32.9 Å². The molecule has 2 rings (SSSR count). The van der Waals surface area contributed by atoms with Crippen LogP contribution in [0, 0.1) is 19.7 Å². The number of carbonyl (C=O) groups is 3. The fraction of sp³-hybridized carbons (Fsp3) is 0.333. The Balaban J connectivity index is 1.87. The minimum atomic E-state index is -1.08. The van der Waals surface area contributed by atoms with Crippen LogP contribution >= 0.6 is 0 Å². The van der Waals surface area contributed by atoms with Crippen LogP contribution in [0.1, 0.15) is 28.7 Å².